The van der Waals surface area contributed by atoms with Crippen molar-refractivity contribution in [1.82, 2.24) is 9.80 Å². The lowest BCUT2D eigenvalue weighted by Gasteiger charge is -2.36. The van der Waals surface area contributed by atoms with Crippen LogP contribution in [0.2, 0.25) is 0 Å². The Balaban J connectivity index is 1.75. The van der Waals surface area contributed by atoms with Crippen LogP contribution >= 0.6 is 0 Å². The lowest BCUT2D eigenvalue weighted by atomic mass is 10.0. The molecule has 1 saturated heterocycles. The smallest absolute Gasteiger partial charge is 0.225 e. The summed E-state index contributed by atoms with van der Waals surface area (Å²) >= 11 is 0. The lowest BCUT2D eigenvalue weighted by Crippen LogP contribution is -2.50. The van der Waals surface area contributed by atoms with Crippen LogP contribution in [-0.2, 0) is 11.2 Å². The van der Waals surface area contributed by atoms with Crippen LogP contribution in [-0.4, -0.2) is 55.5 Å². The number of ether oxygens (including phenoxy) is 1. The van der Waals surface area contributed by atoms with Crippen LogP contribution in [0.3, 0.4) is 0 Å². The van der Waals surface area contributed by atoms with E-state index in [0.717, 1.165) is 57.7 Å². The molecule has 0 saturated carbocycles. The number of amides is 1. The normalized spacial score (nSPS) is 15.9. The van der Waals surface area contributed by atoms with E-state index in [-0.39, 0.29) is 5.92 Å². The summed E-state index contributed by atoms with van der Waals surface area (Å²) in [6, 6.07) is 8.29. The third-order valence-corrected chi connectivity index (χ3v) is 4.89. The van der Waals surface area contributed by atoms with Crippen LogP contribution < -0.4 is 4.74 Å². The van der Waals surface area contributed by atoms with E-state index in [4.69, 9.17) is 4.74 Å². The third-order valence-electron chi connectivity index (χ3n) is 4.89. The number of carbonyl (C=O) groups excluding carboxylic acids is 1. The molecule has 4 heteroatoms. The average molecular weight is 318 g/mol. The first-order chi connectivity index (χ1) is 11.2. The highest BCUT2D eigenvalue weighted by molar-refractivity contribution is 5.78. The predicted molar refractivity (Wildman–Crippen MR) is 93.8 cm³/mol. The van der Waals surface area contributed by atoms with Gasteiger partial charge in [0.15, 0.2) is 0 Å². The Hall–Kier alpha value is -1.55. The van der Waals surface area contributed by atoms with Gasteiger partial charge in [-0.15, -0.1) is 0 Å². The van der Waals surface area contributed by atoms with Crippen molar-refractivity contribution in [1.29, 1.82) is 0 Å². The Morgan fingerprint density at radius 1 is 1.09 bits per heavy atom. The molecule has 0 N–H and O–H groups in total. The van der Waals surface area contributed by atoms with Crippen LogP contribution in [0.15, 0.2) is 24.3 Å². The zero-order valence-corrected chi connectivity index (χ0v) is 14.8. The van der Waals surface area contributed by atoms with Gasteiger partial charge in [0.1, 0.15) is 5.75 Å². The number of rotatable bonds is 7. The Labute approximate surface area is 140 Å². The minimum atomic E-state index is 0.209. The van der Waals surface area contributed by atoms with Crippen LogP contribution in [0.5, 0.6) is 5.75 Å². The van der Waals surface area contributed by atoms with E-state index in [1.165, 1.54) is 5.56 Å². The van der Waals surface area contributed by atoms with Crippen molar-refractivity contribution in [3.05, 3.63) is 29.8 Å². The zero-order chi connectivity index (χ0) is 16.7. The van der Waals surface area contributed by atoms with Gasteiger partial charge in [-0.25, -0.2) is 0 Å². The van der Waals surface area contributed by atoms with Crippen molar-refractivity contribution < 1.29 is 9.53 Å². The molecule has 1 amide bonds. The van der Waals surface area contributed by atoms with Gasteiger partial charge in [0, 0.05) is 38.6 Å². The second-order valence-electron chi connectivity index (χ2n) is 6.28. The second kappa shape index (κ2) is 8.92. The van der Waals surface area contributed by atoms with E-state index in [1.807, 2.05) is 12.1 Å². The molecule has 0 unspecified atom stereocenters. The predicted octanol–water partition coefficient (Wildman–Crippen LogP) is 2.82. The van der Waals surface area contributed by atoms with Crippen molar-refractivity contribution in [3.8, 4) is 5.75 Å². The van der Waals surface area contributed by atoms with Crippen molar-refractivity contribution >= 4 is 5.91 Å². The molecule has 1 aliphatic rings. The Morgan fingerprint density at radius 2 is 1.70 bits per heavy atom. The maximum Gasteiger partial charge on any atom is 0.225 e. The fraction of sp³-hybridized carbons (Fsp3) is 0.632. The molecule has 4 nitrogen and oxygen atoms in total. The summed E-state index contributed by atoms with van der Waals surface area (Å²) in [5.41, 5.74) is 1.33. The van der Waals surface area contributed by atoms with E-state index in [1.54, 1.807) is 7.11 Å². The maximum atomic E-state index is 12.4. The van der Waals surface area contributed by atoms with Crippen molar-refractivity contribution in [2.45, 2.75) is 33.1 Å². The lowest BCUT2D eigenvalue weighted by molar-refractivity contribution is -0.137. The maximum absolute atomic E-state index is 12.4. The highest BCUT2D eigenvalue weighted by Gasteiger charge is 2.25. The van der Waals surface area contributed by atoms with Gasteiger partial charge in [-0.05, 0) is 37.0 Å². The standard InChI is InChI=1S/C19H30N2O2/c1-4-17(5-2)19(22)21-14-12-20(13-15-21)11-10-16-6-8-18(23-3)9-7-16/h6-9,17H,4-5,10-15H2,1-3H3. The minimum absolute atomic E-state index is 0.209. The van der Waals surface area contributed by atoms with Gasteiger partial charge in [0.25, 0.3) is 0 Å². The largest absolute Gasteiger partial charge is 0.497 e. The monoisotopic (exact) mass is 318 g/mol. The summed E-state index contributed by atoms with van der Waals surface area (Å²) in [5, 5.41) is 0. The molecule has 1 aromatic carbocycles. The molecule has 128 valence electrons. The molecule has 1 fully saturated rings. The molecule has 0 atom stereocenters. The third kappa shape index (κ3) is 4.96. The number of benzene rings is 1. The molecule has 0 bridgehead atoms. The van der Waals surface area contributed by atoms with Gasteiger partial charge >= 0.3 is 0 Å². The van der Waals surface area contributed by atoms with Gasteiger partial charge in [-0.2, -0.15) is 0 Å². The molecule has 1 heterocycles. The van der Waals surface area contributed by atoms with Gasteiger partial charge in [-0.3, -0.25) is 9.69 Å². The first-order valence-electron chi connectivity index (χ1n) is 8.82. The number of hydrogen-bond acceptors (Lipinski definition) is 3. The quantitative estimate of drug-likeness (QED) is 0.775. The van der Waals surface area contributed by atoms with Gasteiger partial charge in [-0.1, -0.05) is 26.0 Å². The topological polar surface area (TPSA) is 32.8 Å². The Morgan fingerprint density at radius 3 is 2.22 bits per heavy atom. The SMILES string of the molecule is CCC(CC)C(=O)N1CCN(CCc2ccc(OC)cc2)CC1. The first kappa shape index (κ1) is 17.8. The molecule has 0 spiro atoms. The molecule has 23 heavy (non-hydrogen) atoms. The highest BCUT2D eigenvalue weighted by Crippen LogP contribution is 2.15. The summed E-state index contributed by atoms with van der Waals surface area (Å²) < 4.78 is 5.19. The summed E-state index contributed by atoms with van der Waals surface area (Å²) in [6.07, 6.45) is 2.95. The number of hydrogen-bond donors (Lipinski definition) is 0. The molecular weight excluding hydrogens is 288 g/mol. The van der Waals surface area contributed by atoms with E-state index in [0.29, 0.717) is 5.91 Å². The molecule has 1 aromatic rings. The van der Waals surface area contributed by atoms with Crippen molar-refractivity contribution in [2.24, 2.45) is 5.92 Å². The summed E-state index contributed by atoms with van der Waals surface area (Å²) in [5.74, 6) is 1.47. The first-order valence-corrected chi connectivity index (χ1v) is 8.82. The number of carbonyl (C=O) groups is 1. The van der Waals surface area contributed by atoms with Crippen LogP contribution in [0, 0.1) is 5.92 Å². The molecule has 0 aliphatic carbocycles. The zero-order valence-electron chi connectivity index (χ0n) is 14.8. The number of methoxy groups -OCH3 is 1. The average Bonchev–Trinajstić information content (AvgIpc) is 2.61. The van der Waals surface area contributed by atoms with Gasteiger partial charge in [0.2, 0.25) is 5.91 Å². The van der Waals surface area contributed by atoms with Crippen molar-refractivity contribution in [2.75, 3.05) is 39.8 Å². The number of nitrogens with zero attached hydrogens (tertiary/aromatic N) is 2. The molecule has 0 radical (unpaired) electrons. The molecular formula is C19H30N2O2. The van der Waals surface area contributed by atoms with E-state index < -0.39 is 0 Å². The van der Waals surface area contributed by atoms with Gasteiger partial charge < -0.3 is 9.64 Å². The summed E-state index contributed by atoms with van der Waals surface area (Å²) in [7, 11) is 1.69. The highest BCUT2D eigenvalue weighted by atomic mass is 16.5. The van der Waals surface area contributed by atoms with Crippen LogP contribution in [0.25, 0.3) is 0 Å². The summed E-state index contributed by atoms with van der Waals surface area (Å²) in [6.45, 7) is 8.99. The Bertz CT molecular complexity index is 475. The molecule has 1 aliphatic heterocycles. The van der Waals surface area contributed by atoms with Crippen LogP contribution in [0.1, 0.15) is 32.3 Å². The summed E-state index contributed by atoms with van der Waals surface area (Å²) in [4.78, 5) is 16.9. The van der Waals surface area contributed by atoms with Crippen molar-refractivity contribution in [3.63, 3.8) is 0 Å². The van der Waals surface area contributed by atoms with E-state index in [2.05, 4.69) is 35.8 Å². The minimum Gasteiger partial charge on any atom is -0.497 e. The second-order valence-corrected chi connectivity index (χ2v) is 6.28. The Kier molecular flexibility index (Phi) is 6.90. The van der Waals surface area contributed by atoms with E-state index >= 15 is 0 Å². The van der Waals surface area contributed by atoms with Crippen LogP contribution in [0.4, 0.5) is 0 Å². The fourth-order valence-electron chi connectivity index (χ4n) is 3.17. The van der Waals surface area contributed by atoms with E-state index in [9.17, 15) is 4.79 Å². The molecule has 0 aromatic heterocycles. The van der Waals surface area contributed by atoms with Gasteiger partial charge in [0.05, 0.1) is 7.11 Å². The molecule has 2 rings (SSSR count). The fourth-order valence-corrected chi connectivity index (χ4v) is 3.17. The number of piperazine rings is 1.